The zero-order valence-corrected chi connectivity index (χ0v) is 13.6. The second-order valence-corrected chi connectivity index (χ2v) is 5.17. The minimum absolute atomic E-state index is 0.341. The number of ether oxygens (including phenoxy) is 2. The topological polar surface area (TPSA) is 64.2 Å². The number of carbonyl (C=O) groups is 1. The second kappa shape index (κ2) is 7.00. The molecule has 122 valence electrons. The molecule has 0 spiro atoms. The monoisotopic (exact) mass is 322 g/mol. The minimum Gasteiger partial charge on any atom is -0.480 e. The van der Waals surface area contributed by atoms with Gasteiger partial charge in [-0.15, -0.1) is 5.10 Å². The number of hydrogen-bond acceptors (Lipinski definition) is 4. The normalized spacial score (nSPS) is 11.5. The van der Waals surface area contributed by atoms with E-state index in [4.69, 9.17) is 9.47 Å². The molecule has 0 saturated heterocycles. The van der Waals surface area contributed by atoms with Crippen molar-refractivity contribution in [1.82, 2.24) is 10.2 Å². The fourth-order valence-corrected chi connectivity index (χ4v) is 2.57. The number of carbonyl (C=O) groups excluding carboxylic acids is 1. The maximum absolute atomic E-state index is 12.0. The van der Waals surface area contributed by atoms with Crippen molar-refractivity contribution in [2.75, 3.05) is 13.7 Å². The molecule has 0 radical (unpaired) electrons. The van der Waals surface area contributed by atoms with Crippen LogP contribution < -0.4 is 4.74 Å². The summed E-state index contributed by atoms with van der Waals surface area (Å²) in [5, 5.41) is 7.96. The lowest BCUT2D eigenvalue weighted by molar-refractivity contribution is -0.137. The van der Waals surface area contributed by atoms with Gasteiger partial charge in [-0.25, -0.2) is 4.79 Å². The van der Waals surface area contributed by atoms with Crippen LogP contribution in [-0.2, 0) is 9.53 Å². The van der Waals surface area contributed by atoms with Crippen molar-refractivity contribution < 1.29 is 14.3 Å². The molecule has 3 rings (SSSR count). The third-order valence-electron chi connectivity index (χ3n) is 3.67. The van der Waals surface area contributed by atoms with Gasteiger partial charge < -0.3 is 9.47 Å². The second-order valence-electron chi connectivity index (χ2n) is 5.17. The molecule has 0 fully saturated rings. The summed E-state index contributed by atoms with van der Waals surface area (Å²) < 4.78 is 10.3. The van der Waals surface area contributed by atoms with Crippen molar-refractivity contribution in [2.24, 2.45) is 0 Å². The summed E-state index contributed by atoms with van der Waals surface area (Å²) in [4.78, 5) is 12.0. The van der Waals surface area contributed by atoms with Crippen LogP contribution in [0.25, 0.3) is 16.5 Å². The fourth-order valence-electron chi connectivity index (χ4n) is 2.57. The number of aromatic nitrogens is 2. The van der Waals surface area contributed by atoms with Gasteiger partial charge in [-0.2, -0.15) is 0 Å². The molecule has 0 aliphatic heterocycles. The predicted octanol–water partition coefficient (Wildman–Crippen LogP) is 3.57. The molecule has 0 amide bonds. The first-order valence-corrected chi connectivity index (χ1v) is 7.69. The molecule has 1 aromatic heterocycles. The lowest BCUT2D eigenvalue weighted by Gasteiger charge is -2.09. The lowest BCUT2D eigenvalue weighted by atomic mass is 9.97. The number of nitrogens with zero attached hydrogens (tertiary/aromatic N) is 1. The summed E-state index contributed by atoms with van der Waals surface area (Å²) in [5.74, 6) is 0.186. The Labute approximate surface area is 139 Å². The Bertz CT molecular complexity index is 882. The molecule has 2 aromatic carbocycles. The Morgan fingerprint density at radius 2 is 1.96 bits per heavy atom. The molecular formula is C19H18N2O3. The zero-order chi connectivity index (χ0) is 16.9. The number of aromatic amines is 1. The summed E-state index contributed by atoms with van der Waals surface area (Å²) in [6, 6.07) is 15.6. The highest BCUT2D eigenvalue weighted by Crippen LogP contribution is 2.29. The van der Waals surface area contributed by atoms with Crippen molar-refractivity contribution >= 4 is 22.4 Å². The number of H-pyrrole nitrogens is 1. The molecule has 0 bridgehead atoms. The Balaban J connectivity index is 2.10. The SMILES string of the molecule is CCOC(=O)C=C(c1ccccc1)c1ccc2c(OC)n[nH]c2c1. The van der Waals surface area contributed by atoms with Crippen LogP contribution in [-0.4, -0.2) is 29.9 Å². The molecule has 24 heavy (non-hydrogen) atoms. The quantitative estimate of drug-likeness (QED) is 0.576. The molecule has 0 unspecified atom stereocenters. The number of fused-ring (bicyclic) bond motifs is 1. The van der Waals surface area contributed by atoms with Crippen LogP contribution in [0.15, 0.2) is 54.6 Å². The number of esters is 1. The Morgan fingerprint density at radius 1 is 1.17 bits per heavy atom. The van der Waals surface area contributed by atoms with Gasteiger partial charge in [0.2, 0.25) is 5.88 Å². The standard InChI is InChI=1S/C19H18N2O3/c1-3-24-18(22)12-16(13-7-5-4-6-8-13)14-9-10-15-17(11-14)20-21-19(15)23-2/h4-12H,3H2,1-2H3,(H,20,21). The molecule has 0 aliphatic carbocycles. The van der Waals surface area contributed by atoms with Crippen molar-refractivity contribution in [3.63, 3.8) is 0 Å². The Hall–Kier alpha value is -3.08. The molecule has 0 aliphatic rings. The van der Waals surface area contributed by atoms with Crippen LogP contribution in [0.3, 0.4) is 0 Å². The van der Waals surface area contributed by atoms with E-state index < -0.39 is 0 Å². The van der Waals surface area contributed by atoms with Crippen LogP contribution in [0.5, 0.6) is 5.88 Å². The average Bonchev–Trinajstić information content (AvgIpc) is 3.03. The predicted molar refractivity (Wildman–Crippen MR) is 92.8 cm³/mol. The van der Waals surface area contributed by atoms with Gasteiger partial charge in [0.05, 0.1) is 24.6 Å². The van der Waals surface area contributed by atoms with Crippen LogP contribution in [0.2, 0.25) is 0 Å². The molecule has 3 aromatic rings. The van der Waals surface area contributed by atoms with Crippen molar-refractivity contribution in [3.8, 4) is 5.88 Å². The maximum atomic E-state index is 12.0. The largest absolute Gasteiger partial charge is 0.480 e. The first kappa shape index (κ1) is 15.8. The van der Waals surface area contributed by atoms with Crippen LogP contribution >= 0.6 is 0 Å². The van der Waals surface area contributed by atoms with E-state index in [-0.39, 0.29) is 5.97 Å². The Kier molecular flexibility index (Phi) is 4.61. The van der Waals surface area contributed by atoms with E-state index in [2.05, 4.69) is 10.2 Å². The molecule has 0 atom stereocenters. The fraction of sp³-hybridized carbons (Fsp3) is 0.158. The molecule has 0 saturated carbocycles. The number of nitrogens with one attached hydrogen (secondary N) is 1. The maximum Gasteiger partial charge on any atom is 0.331 e. The van der Waals surface area contributed by atoms with E-state index in [0.29, 0.717) is 12.5 Å². The van der Waals surface area contributed by atoms with Crippen molar-refractivity contribution in [1.29, 1.82) is 0 Å². The number of hydrogen-bond donors (Lipinski definition) is 1. The summed E-state index contributed by atoms with van der Waals surface area (Å²) in [6.45, 7) is 2.13. The van der Waals surface area contributed by atoms with E-state index in [1.54, 1.807) is 14.0 Å². The first-order chi connectivity index (χ1) is 11.7. The molecule has 1 heterocycles. The van der Waals surface area contributed by atoms with Crippen LogP contribution in [0.1, 0.15) is 18.1 Å². The van der Waals surface area contributed by atoms with Crippen molar-refractivity contribution in [2.45, 2.75) is 6.92 Å². The van der Waals surface area contributed by atoms with Gasteiger partial charge in [-0.3, -0.25) is 5.10 Å². The van der Waals surface area contributed by atoms with Crippen LogP contribution in [0.4, 0.5) is 0 Å². The molecule has 5 heteroatoms. The van der Waals surface area contributed by atoms with Gasteiger partial charge in [-0.05, 0) is 35.8 Å². The van der Waals surface area contributed by atoms with Gasteiger partial charge >= 0.3 is 5.97 Å². The third-order valence-corrected chi connectivity index (χ3v) is 3.67. The van der Waals surface area contributed by atoms with E-state index in [1.807, 2.05) is 48.5 Å². The summed E-state index contributed by atoms with van der Waals surface area (Å²) in [6.07, 6.45) is 1.52. The first-order valence-electron chi connectivity index (χ1n) is 7.69. The highest BCUT2D eigenvalue weighted by Gasteiger charge is 2.12. The highest BCUT2D eigenvalue weighted by molar-refractivity contribution is 5.98. The van der Waals surface area contributed by atoms with E-state index >= 15 is 0 Å². The number of methoxy groups -OCH3 is 1. The molecule has 5 nitrogen and oxygen atoms in total. The Morgan fingerprint density at radius 3 is 2.67 bits per heavy atom. The minimum atomic E-state index is -0.362. The summed E-state index contributed by atoms with van der Waals surface area (Å²) in [5.41, 5.74) is 3.48. The van der Waals surface area contributed by atoms with E-state index in [9.17, 15) is 4.79 Å². The lowest BCUT2D eigenvalue weighted by Crippen LogP contribution is -2.01. The van der Waals surface area contributed by atoms with E-state index in [0.717, 1.165) is 27.6 Å². The molecular weight excluding hydrogens is 304 g/mol. The summed E-state index contributed by atoms with van der Waals surface area (Å²) >= 11 is 0. The summed E-state index contributed by atoms with van der Waals surface area (Å²) in [7, 11) is 1.58. The van der Waals surface area contributed by atoms with Gasteiger partial charge in [0.15, 0.2) is 0 Å². The van der Waals surface area contributed by atoms with Gasteiger partial charge in [0, 0.05) is 6.08 Å². The van der Waals surface area contributed by atoms with Crippen LogP contribution in [0, 0.1) is 0 Å². The molecule has 1 N–H and O–H groups in total. The van der Waals surface area contributed by atoms with Gasteiger partial charge in [0.1, 0.15) is 0 Å². The van der Waals surface area contributed by atoms with Crippen molar-refractivity contribution in [3.05, 3.63) is 65.7 Å². The van der Waals surface area contributed by atoms with Gasteiger partial charge in [-0.1, -0.05) is 36.4 Å². The average molecular weight is 322 g/mol. The number of benzene rings is 2. The van der Waals surface area contributed by atoms with E-state index in [1.165, 1.54) is 6.08 Å². The highest BCUT2D eigenvalue weighted by atomic mass is 16.5. The third kappa shape index (κ3) is 3.15. The van der Waals surface area contributed by atoms with Gasteiger partial charge in [0.25, 0.3) is 0 Å². The smallest absolute Gasteiger partial charge is 0.331 e. The number of rotatable bonds is 5. The zero-order valence-electron chi connectivity index (χ0n) is 13.6.